The Morgan fingerprint density at radius 3 is 2.70 bits per heavy atom. The molecule has 1 unspecified atom stereocenters. The number of unbranched alkanes of at least 4 members (excludes halogenated alkanes) is 1. The van der Waals surface area contributed by atoms with E-state index in [1.807, 2.05) is 6.92 Å². The van der Waals surface area contributed by atoms with Gasteiger partial charge in [0, 0.05) is 11.3 Å². The van der Waals surface area contributed by atoms with E-state index in [4.69, 9.17) is 5.21 Å². The quantitative estimate of drug-likeness (QED) is 0.343. The summed E-state index contributed by atoms with van der Waals surface area (Å²) in [4.78, 5) is 9.49. The zero-order valence-electron chi connectivity index (χ0n) is 5.91. The van der Waals surface area contributed by atoms with E-state index in [-0.39, 0.29) is 0 Å². The minimum atomic E-state index is -1.00. The average molecular weight is 148 g/mol. The number of hydrogen-bond acceptors (Lipinski definition) is 4. The molecule has 0 saturated carbocycles. The average Bonchev–Trinajstić information content (AvgIpc) is 1.89. The third-order valence-corrected chi connectivity index (χ3v) is 1.23. The summed E-state index contributed by atoms with van der Waals surface area (Å²) in [6.45, 7) is 1.94. The molecule has 0 aromatic carbocycles. The molecule has 0 fully saturated rings. The Labute approximate surface area is 59.2 Å². The minimum Gasteiger partial charge on any atom is -0.311 e. The second-order valence-electron chi connectivity index (χ2n) is 2.07. The maximum atomic E-state index is 10.0. The van der Waals surface area contributed by atoms with E-state index in [9.17, 15) is 10.1 Å². The Bertz CT molecular complexity index is 107. The van der Waals surface area contributed by atoms with Crippen LogP contribution in [0.5, 0.6) is 0 Å². The molecule has 10 heavy (non-hydrogen) atoms. The highest BCUT2D eigenvalue weighted by Crippen LogP contribution is 1.99. The van der Waals surface area contributed by atoms with Crippen LogP contribution >= 0.6 is 0 Å². The largest absolute Gasteiger partial charge is 0.311 e. The first kappa shape index (κ1) is 9.32. The number of rotatable bonds is 5. The first-order valence-electron chi connectivity index (χ1n) is 3.25. The lowest BCUT2D eigenvalue weighted by Gasteiger charge is -2.04. The van der Waals surface area contributed by atoms with Crippen molar-refractivity contribution in [2.75, 3.05) is 0 Å². The Hall–Kier alpha value is -0.680. The highest BCUT2D eigenvalue weighted by Gasteiger charge is 2.16. The van der Waals surface area contributed by atoms with Gasteiger partial charge in [0.05, 0.1) is 0 Å². The molecular weight excluding hydrogens is 136 g/mol. The van der Waals surface area contributed by atoms with Crippen LogP contribution in [-0.2, 0) is 0 Å². The number of hydroxylamine groups is 1. The Morgan fingerprint density at radius 2 is 2.40 bits per heavy atom. The lowest BCUT2D eigenvalue weighted by Crippen LogP contribution is -2.33. The van der Waals surface area contributed by atoms with Crippen molar-refractivity contribution in [3.8, 4) is 0 Å². The van der Waals surface area contributed by atoms with Gasteiger partial charge in [-0.2, -0.15) is 0 Å². The monoisotopic (exact) mass is 148 g/mol. The molecule has 0 aromatic heterocycles. The van der Waals surface area contributed by atoms with Crippen molar-refractivity contribution in [3.05, 3.63) is 10.1 Å². The zero-order valence-corrected chi connectivity index (χ0v) is 5.91. The lowest BCUT2D eigenvalue weighted by molar-refractivity contribution is -0.541. The van der Waals surface area contributed by atoms with E-state index in [2.05, 4.69) is 0 Å². The Kier molecular flexibility index (Phi) is 4.78. The maximum Gasteiger partial charge on any atom is 0.286 e. The van der Waals surface area contributed by atoms with Crippen LogP contribution in [0.25, 0.3) is 0 Å². The molecule has 5 heteroatoms. The molecule has 0 spiro atoms. The molecule has 0 aliphatic heterocycles. The van der Waals surface area contributed by atoms with Gasteiger partial charge in [0.2, 0.25) is 0 Å². The Morgan fingerprint density at radius 1 is 1.80 bits per heavy atom. The van der Waals surface area contributed by atoms with E-state index in [1.165, 1.54) is 0 Å². The first-order chi connectivity index (χ1) is 4.72. The van der Waals surface area contributed by atoms with E-state index < -0.39 is 11.1 Å². The van der Waals surface area contributed by atoms with Crippen molar-refractivity contribution < 1.29 is 10.1 Å². The zero-order chi connectivity index (χ0) is 7.98. The van der Waals surface area contributed by atoms with E-state index in [0.29, 0.717) is 6.42 Å². The normalized spacial score (nSPS) is 13.0. The van der Waals surface area contributed by atoms with Gasteiger partial charge in [-0.3, -0.25) is 10.1 Å². The molecule has 0 bridgehead atoms. The number of nitrogens with zero attached hydrogens (tertiary/aromatic N) is 1. The first-order valence-corrected chi connectivity index (χ1v) is 3.25. The molecule has 0 aliphatic rings. The maximum absolute atomic E-state index is 10.0. The molecule has 0 radical (unpaired) electrons. The molecule has 0 heterocycles. The fourth-order valence-electron chi connectivity index (χ4n) is 0.615. The molecule has 0 amide bonds. The molecular formula is C5H12N2O3. The van der Waals surface area contributed by atoms with Crippen LogP contribution in [-0.4, -0.2) is 16.3 Å². The van der Waals surface area contributed by atoms with Crippen LogP contribution in [0.1, 0.15) is 26.2 Å². The molecule has 0 rings (SSSR count). The van der Waals surface area contributed by atoms with Crippen molar-refractivity contribution in [1.29, 1.82) is 0 Å². The smallest absolute Gasteiger partial charge is 0.286 e. The van der Waals surface area contributed by atoms with Crippen molar-refractivity contribution in [3.63, 3.8) is 0 Å². The predicted octanol–water partition coefficient (Wildman–Crippen LogP) is 0.758. The molecule has 0 aromatic rings. The number of hydrogen-bond donors (Lipinski definition) is 2. The summed E-state index contributed by atoms with van der Waals surface area (Å²) < 4.78 is 0. The van der Waals surface area contributed by atoms with Gasteiger partial charge in [-0.1, -0.05) is 13.3 Å². The second-order valence-corrected chi connectivity index (χ2v) is 2.07. The van der Waals surface area contributed by atoms with Gasteiger partial charge in [-0.15, -0.1) is 5.48 Å². The molecule has 0 aliphatic carbocycles. The van der Waals surface area contributed by atoms with Gasteiger partial charge in [0.1, 0.15) is 0 Å². The van der Waals surface area contributed by atoms with Gasteiger partial charge in [0.15, 0.2) is 0 Å². The highest BCUT2D eigenvalue weighted by molar-refractivity contribution is 4.46. The van der Waals surface area contributed by atoms with Crippen LogP contribution in [0, 0.1) is 10.1 Å². The van der Waals surface area contributed by atoms with Crippen LogP contribution in [0.4, 0.5) is 0 Å². The topological polar surface area (TPSA) is 75.4 Å². The Balaban J connectivity index is 3.50. The van der Waals surface area contributed by atoms with Crippen LogP contribution < -0.4 is 5.48 Å². The summed E-state index contributed by atoms with van der Waals surface area (Å²) in [6, 6.07) is 0. The van der Waals surface area contributed by atoms with Gasteiger partial charge in [-0.05, 0) is 6.42 Å². The van der Waals surface area contributed by atoms with Gasteiger partial charge < -0.3 is 5.21 Å². The number of nitrogens with one attached hydrogen (secondary N) is 1. The van der Waals surface area contributed by atoms with E-state index >= 15 is 0 Å². The molecule has 2 N–H and O–H groups in total. The summed E-state index contributed by atoms with van der Waals surface area (Å²) in [5.74, 6) is 0. The standard InChI is InChI=1S/C5H12N2O3/c1-2-3-4-5(6-8)7(9)10/h5-6,8H,2-4H2,1H3. The number of nitro groups is 1. The van der Waals surface area contributed by atoms with Gasteiger partial charge in [-0.25, -0.2) is 0 Å². The van der Waals surface area contributed by atoms with Crippen molar-refractivity contribution in [2.45, 2.75) is 32.4 Å². The molecule has 1 atom stereocenters. The summed E-state index contributed by atoms with van der Waals surface area (Å²) in [6.07, 6.45) is 1.02. The van der Waals surface area contributed by atoms with Crippen molar-refractivity contribution >= 4 is 0 Å². The van der Waals surface area contributed by atoms with E-state index in [1.54, 1.807) is 5.48 Å². The van der Waals surface area contributed by atoms with Gasteiger partial charge in [0.25, 0.3) is 6.17 Å². The van der Waals surface area contributed by atoms with Gasteiger partial charge >= 0.3 is 0 Å². The molecule has 60 valence electrons. The highest BCUT2D eigenvalue weighted by atomic mass is 16.6. The van der Waals surface area contributed by atoms with Crippen LogP contribution in [0.15, 0.2) is 0 Å². The SMILES string of the molecule is CCCCC(NO)[N+](=O)[O-]. The summed E-state index contributed by atoms with van der Waals surface area (Å²) in [5, 5.41) is 18.3. The molecule has 0 saturated heterocycles. The molecule has 5 nitrogen and oxygen atoms in total. The lowest BCUT2D eigenvalue weighted by atomic mass is 10.2. The predicted molar refractivity (Wildman–Crippen MR) is 35.2 cm³/mol. The van der Waals surface area contributed by atoms with Crippen molar-refractivity contribution in [2.24, 2.45) is 0 Å². The summed E-state index contributed by atoms with van der Waals surface area (Å²) >= 11 is 0. The van der Waals surface area contributed by atoms with Crippen LogP contribution in [0.3, 0.4) is 0 Å². The fourth-order valence-corrected chi connectivity index (χ4v) is 0.615. The van der Waals surface area contributed by atoms with Crippen molar-refractivity contribution in [1.82, 2.24) is 5.48 Å². The van der Waals surface area contributed by atoms with Crippen LogP contribution in [0.2, 0.25) is 0 Å². The summed E-state index contributed by atoms with van der Waals surface area (Å²) in [7, 11) is 0. The third kappa shape index (κ3) is 3.37. The van der Waals surface area contributed by atoms with E-state index in [0.717, 1.165) is 12.8 Å². The minimum absolute atomic E-state index is 0.375. The summed E-state index contributed by atoms with van der Waals surface area (Å²) in [5.41, 5.74) is 1.64. The fraction of sp³-hybridized carbons (Fsp3) is 1.00. The second kappa shape index (κ2) is 5.13. The third-order valence-electron chi connectivity index (χ3n) is 1.23.